The summed E-state index contributed by atoms with van der Waals surface area (Å²) in [5, 5.41) is 3.10. The number of aryl methyl sites for hydroxylation is 2. The van der Waals surface area contributed by atoms with E-state index in [0.717, 1.165) is 26.6 Å². The fourth-order valence-corrected chi connectivity index (χ4v) is 6.69. The van der Waals surface area contributed by atoms with Gasteiger partial charge in [0.05, 0.1) is 10.6 Å². The molecule has 1 atom stereocenters. The first-order chi connectivity index (χ1) is 20.5. The number of hydrogen-bond acceptors (Lipinski definition) is 4. The summed E-state index contributed by atoms with van der Waals surface area (Å²) in [5.41, 5.74) is 3.65. The Morgan fingerprint density at radius 3 is 2.02 bits per heavy atom. The number of likely N-dealkylation sites (N-methyl/N-ethyl adjacent to an activating group) is 1. The molecule has 4 aromatic carbocycles. The number of nitrogens with one attached hydrogen (secondary N) is 1. The first-order valence-corrected chi connectivity index (χ1v) is 15.8. The van der Waals surface area contributed by atoms with E-state index in [0.29, 0.717) is 0 Å². The Morgan fingerprint density at radius 2 is 1.42 bits per heavy atom. The van der Waals surface area contributed by atoms with E-state index < -0.39 is 28.5 Å². The second-order valence-electron chi connectivity index (χ2n) is 10.3. The molecule has 10 heteroatoms. The maximum Gasteiger partial charge on any atom is 0.264 e. The van der Waals surface area contributed by atoms with Crippen LogP contribution < -0.4 is 9.62 Å². The van der Waals surface area contributed by atoms with Crippen LogP contribution in [0.3, 0.4) is 0 Å². The molecule has 0 bridgehead atoms. The van der Waals surface area contributed by atoms with Gasteiger partial charge in [-0.25, -0.2) is 8.42 Å². The van der Waals surface area contributed by atoms with E-state index in [1.165, 1.54) is 42.3 Å². The van der Waals surface area contributed by atoms with Crippen LogP contribution in [0.2, 0.25) is 10.0 Å². The molecule has 0 radical (unpaired) electrons. The third-order valence-corrected chi connectivity index (χ3v) is 9.20. The van der Waals surface area contributed by atoms with Crippen LogP contribution in [0.1, 0.15) is 22.3 Å². The van der Waals surface area contributed by atoms with E-state index in [1.54, 1.807) is 12.1 Å². The summed E-state index contributed by atoms with van der Waals surface area (Å²) in [6.07, 6.45) is 0.228. The smallest absolute Gasteiger partial charge is 0.264 e. The van der Waals surface area contributed by atoms with Gasteiger partial charge >= 0.3 is 0 Å². The quantitative estimate of drug-likeness (QED) is 0.212. The molecule has 4 rings (SSSR count). The topological polar surface area (TPSA) is 86.8 Å². The molecule has 0 spiro atoms. The summed E-state index contributed by atoms with van der Waals surface area (Å²) in [7, 11) is -2.74. The minimum absolute atomic E-state index is 0.000584. The van der Waals surface area contributed by atoms with Crippen molar-refractivity contribution < 1.29 is 18.0 Å². The summed E-state index contributed by atoms with van der Waals surface area (Å²) < 4.78 is 29.1. The molecular weight excluding hydrogens is 605 g/mol. The molecule has 0 aliphatic carbocycles. The van der Waals surface area contributed by atoms with E-state index >= 15 is 0 Å². The molecule has 4 aromatic rings. The van der Waals surface area contributed by atoms with Crippen LogP contribution in [0, 0.1) is 13.8 Å². The molecule has 0 aliphatic rings. The number of benzene rings is 4. The van der Waals surface area contributed by atoms with E-state index in [2.05, 4.69) is 5.32 Å². The molecule has 0 unspecified atom stereocenters. The first-order valence-electron chi connectivity index (χ1n) is 13.6. The lowest BCUT2D eigenvalue weighted by molar-refractivity contribution is -0.139. The standard InChI is InChI=1S/C33H33Cl2N3O4S/c1-23-12-14-30(15-13-23)43(41,42)38(29-19-27(34)18-28(35)20-29)22-32(39)37(21-26-11-7-8-24(2)16-26)31(33(40)36-3)17-25-9-5-4-6-10-25/h4-16,18-20,31H,17,21-22H2,1-3H3,(H,36,40)/t31-/m1/s1. The molecule has 0 heterocycles. The highest BCUT2D eigenvalue weighted by molar-refractivity contribution is 7.92. The SMILES string of the molecule is CNC(=O)[C@@H](Cc1ccccc1)N(Cc1cccc(C)c1)C(=O)CN(c1cc(Cl)cc(Cl)c1)S(=O)(=O)c1ccc(C)cc1. The number of sulfonamides is 1. The zero-order valence-corrected chi connectivity index (χ0v) is 26.5. The number of carbonyl (C=O) groups is 2. The number of amides is 2. The summed E-state index contributed by atoms with van der Waals surface area (Å²) in [6.45, 7) is 3.28. The van der Waals surface area contributed by atoms with Gasteiger partial charge in [0.15, 0.2) is 0 Å². The number of carbonyl (C=O) groups excluding carboxylic acids is 2. The van der Waals surface area contributed by atoms with Gasteiger partial charge in [0, 0.05) is 30.1 Å². The van der Waals surface area contributed by atoms with E-state index in [9.17, 15) is 18.0 Å². The second kappa shape index (κ2) is 14.1. The molecule has 0 saturated carbocycles. The number of hydrogen-bond donors (Lipinski definition) is 1. The Bertz CT molecular complexity index is 1680. The third kappa shape index (κ3) is 8.16. The highest BCUT2D eigenvalue weighted by Gasteiger charge is 2.34. The van der Waals surface area contributed by atoms with Gasteiger partial charge in [-0.05, 0) is 55.3 Å². The zero-order chi connectivity index (χ0) is 31.1. The lowest BCUT2D eigenvalue weighted by Gasteiger charge is -2.33. The zero-order valence-electron chi connectivity index (χ0n) is 24.1. The van der Waals surface area contributed by atoms with Gasteiger partial charge in [-0.15, -0.1) is 0 Å². The summed E-state index contributed by atoms with van der Waals surface area (Å²) in [4.78, 5) is 29.1. The van der Waals surface area contributed by atoms with Crippen molar-refractivity contribution in [2.24, 2.45) is 0 Å². The molecule has 2 amide bonds. The number of halogens is 2. The predicted octanol–water partition coefficient (Wildman–Crippen LogP) is 6.19. The van der Waals surface area contributed by atoms with Crippen molar-refractivity contribution in [1.82, 2.24) is 10.2 Å². The van der Waals surface area contributed by atoms with Gasteiger partial charge in [-0.2, -0.15) is 0 Å². The number of nitrogens with zero attached hydrogens (tertiary/aromatic N) is 2. The summed E-state index contributed by atoms with van der Waals surface area (Å²) in [5.74, 6) is -0.943. The van der Waals surface area contributed by atoms with Gasteiger partial charge in [0.2, 0.25) is 11.8 Å². The van der Waals surface area contributed by atoms with Crippen molar-refractivity contribution in [3.8, 4) is 0 Å². The van der Waals surface area contributed by atoms with Crippen molar-refractivity contribution in [2.45, 2.75) is 37.8 Å². The number of anilines is 1. The van der Waals surface area contributed by atoms with Crippen molar-refractivity contribution in [3.63, 3.8) is 0 Å². The lowest BCUT2D eigenvalue weighted by atomic mass is 10.0. The highest BCUT2D eigenvalue weighted by Crippen LogP contribution is 2.30. The maximum absolute atomic E-state index is 14.3. The molecule has 0 aliphatic heterocycles. The molecule has 43 heavy (non-hydrogen) atoms. The van der Waals surface area contributed by atoms with Crippen molar-refractivity contribution >= 4 is 50.7 Å². The third-order valence-electron chi connectivity index (χ3n) is 6.98. The van der Waals surface area contributed by atoms with Crippen LogP contribution in [-0.2, 0) is 32.6 Å². The molecule has 0 fully saturated rings. The van der Waals surface area contributed by atoms with Crippen LogP contribution in [-0.4, -0.2) is 44.8 Å². The largest absolute Gasteiger partial charge is 0.357 e. The van der Waals surface area contributed by atoms with Gasteiger partial charge in [-0.1, -0.05) is 101 Å². The highest BCUT2D eigenvalue weighted by atomic mass is 35.5. The molecule has 0 aromatic heterocycles. The number of rotatable bonds is 11. The molecular formula is C33H33Cl2N3O4S. The second-order valence-corrected chi connectivity index (χ2v) is 13.0. The monoisotopic (exact) mass is 637 g/mol. The molecule has 7 nitrogen and oxygen atoms in total. The van der Waals surface area contributed by atoms with Crippen molar-refractivity contribution in [2.75, 3.05) is 17.9 Å². The first kappa shape index (κ1) is 32.1. The van der Waals surface area contributed by atoms with Gasteiger partial charge in [0.25, 0.3) is 10.0 Å². The van der Waals surface area contributed by atoms with Crippen LogP contribution in [0.4, 0.5) is 5.69 Å². The molecule has 224 valence electrons. The van der Waals surface area contributed by atoms with Crippen LogP contribution >= 0.6 is 23.2 Å². The predicted molar refractivity (Wildman–Crippen MR) is 172 cm³/mol. The Balaban J connectivity index is 1.81. The molecule has 1 N–H and O–H groups in total. The lowest BCUT2D eigenvalue weighted by Crippen LogP contribution is -2.53. The summed E-state index contributed by atoms with van der Waals surface area (Å²) >= 11 is 12.6. The van der Waals surface area contributed by atoms with E-state index in [4.69, 9.17) is 23.2 Å². The average Bonchev–Trinajstić information content (AvgIpc) is 2.97. The van der Waals surface area contributed by atoms with Gasteiger partial charge < -0.3 is 10.2 Å². The summed E-state index contributed by atoms with van der Waals surface area (Å²) in [6, 6.07) is 26.8. The van der Waals surface area contributed by atoms with Crippen LogP contribution in [0.25, 0.3) is 0 Å². The fraction of sp³-hybridized carbons (Fsp3) is 0.212. The van der Waals surface area contributed by atoms with E-state index in [1.807, 2.05) is 68.4 Å². The average molecular weight is 639 g/mol. The van der Waals surface area contributed by atoms with Crippen molar-refractivity contribution in [1.29, 1.82) is 0 Å². The minimum Gasteiger partial charge on any atom is -0.357 e. The van der Waals surface area contributed by atoms with Crippen LogP contribution in [0.5, 0.6) is 0 Å². The Labute approximate surface area is 263 Å². The fourth-order valence-electron chi connectivity index (χ4n) is 4.78. The van der Waals surface area contributed by atoms with E-state index in [-0.39, 0.29) is 39.5 Å². The Kier molecular flexibility index (Phi) is 10.5. The van der Waals surface area contributed by atoms with Gasteiger partial charge in [0.1, 0.15) is 12.6 Å². The maximum atomic E-state index is 14.3. The van der Waals surface area contributed by atoms with Gasteiger partial charge in [-0.3, -0.25) is 13.9 Å². The minimum atomic E-state index is -4.25. The Morgan fingerprint density at radius 1 is 0.791 bits per heavy atom. The Hall–Kier alpha value is -3.85. The molecule has 0 saturated heterocycles. The van der Waals surface area contributed by atoms with Crippen molar-refractivity contribution in [3.05, 3.63) is 129 Å². The van der Waals surface area contributed by atoms with Crippen LogP contribution in [0.15, 0.2) is 102 Å². The normalized spacial score (nSPS) is 11.9.